The van der Waals surface area contributed by atoms with Gasteiger partial charge in [-0.1, -0.05) is 49.1 Å². The quantitative estimate of drug-likeness (QED) is 0.768. The molecule has 1 heteroatoms. The molecule has 1 saturated carbocycles. The molecule has 0 spiro atoms. The van der Waals surface area contributed by atoms with E-state index in [1.54, 1.807) is 5.56 Å². The van der Waals surface area contributed by atoms with Crippen LogP contribution in [-0.2, 0) is 5.41 Å². The Hall–Kier alpha value is -0.820. The molecule has 0 radical (unpaired) electrons. The zero-order valence-corrected chi connectivity index (χ0v) is 13.0. The molecule has 1 aromatic rings. The van der Waals surface area contributed by atoms with Crippen LogP contribution in [0.1, 0.15) is 62.5 Å². The molecule has 2 aliphatic rings. The monoisotopic (exact) mass is 271 g/mol. The highest BCUT2D eigenvalue weighted by Gasteiger charge is 2.35. The van der Waals surface area contributed by atoms with Crippen molar-refractivity contribution in [2.75, 3.05) is 19.6 Å². The van der Waals surface area contributed by atoms with E-state index >= 15 is 0 Å². The zero-order valence-electron chi connectivity index (χ0n) is 13.0. The molecule has 0 aromatic heterocycles. The Morgan fingerprint density at radius 3 is 2.20 bits per heavy atom. The maximum atomic E-state index is 2.71. The third-order valence-corrected chi connectivity index (χ3v) is 5.58. The molecule has 1 heterocycles. The van der Waals surface area contributed by atoms with Crippen molar-refractivity contribution in [2.24, 2.45) is 0 Å². The molecule has 0 amide bonds. The summed E-state index contributed by atoms with van der Waals surface area (Å²) in [5.41, 5.74) is 3.49. The molecule has 0 atom stereocenters. The summed E-state index contributed by atoms with van der Waals surface area (Å²) < 4.78 is 0. The normalized spacial score (nSPS) is 23.1. The van der Waals surface area contributed by atoms with Crippen LogP contribution in [0.25, 0.3) is 0 Å². The van der Waals surface area contributed by atoms with E-state index in [1.165, 1.54) is 76.6 Å². The molecule has 1 nitrogen and oxygen atoms in total. The van der Waals surface area contributed by atoms with Crippen molar-refractivity contribution in [3.05, 3.63) is 35.4 Å². The lowest BCUT2D eigenvalue weighted by Crippen LogP contribution is -2.35. The lowest BCUT2D eigenvalue weighted by atomic mass is 9.75. The van der Waals surface area contributed by atoms with Crippen molar-refractivity contribution >= 4 is 0 Å². The molecule has 1 aromatic carbocycles. The molecule has 3 rings (SSSR count). The first-order valence-corrected chi connectivity index (χ1v) is 8.58. The van der Waals surface area contributed by atoms with Crippen molar-refractivity contribution in [1.29, 1.82) is 0 Å². The van der Waals surface area contributed by atoms with E-state index in [2.05, 4.69) is 36.1 Å². The Kier molecular flexibility index (Phi) is 4.45. The second kappa shape index (κ2) is 6.30. The van der Waals surface area contributed by atoms with Crippen molar-refractivity contribution in [1.82, 2.24) is 4.90 Å². The highest BCUT2D eigenvalue weighted by atomic mass is 15.1. The van der Waals surface area contributed by atoms with Crippen molar-refractivity contribution in [3.8, 4) is 0 Å². The summed E-state index contributed by atoms with van der Waals surface area (Å²) >= 11 is 0. The molecule has 2 fully saturated rings. The van der Waals surface area contributed by atoms with Crippen LogP contribution in [0.3, 0.4) is 0 Å². The molecular weight excluding hydrogens is 242 g/mol. The van der Waals surface area contributed by atoms with E-state index in [-0.39, 0.29) is 0 Å². The van der Waals surface area contributed by atoms with Crippen molar-refractivity contribution in [2.45, 2.75) is 63.7 Å². The molecule has 1 saturated heterocycles. The van der Waals surface area contributed by atoms with E-state index in [0.29, 0.717) is 5.41 Å². The summed E-state index contributed by atoms with van der Waals surface area (Å²) in [6.07, 6.45) is 11.3. The minimum atomic E-state index is 0.491. The van der Waals surface area contributed by atoms with Gasteiger partial charge in [-0.2, -0.15) is 0 Å². The third kappa shape index (κ3) is 3.09. The first-order chi connectivity index (χ1) is 9.78. The van der Waals surface area contributed by atoms with Gasteiger partial charge in [-0.3, -0.25) is 0 Å². The standard InChI is InChI=1S/C19H29N/c1-17-7-9-18(10-8-17)19(11-3-4-12-19)13-16-20-14-5-2-6-15-20/h7-10H,2-6,11-16H2,1H3. The van der Waals surface area contributed by atoms with Gasteiger partial charge in [-0.15, -0.1) is 0 Å². The molecule has 20 heavy (non-hydrogen) atoms. The van der Waals surface area contributed by atoms with Crippen LogP contribution in [0.5, 0.6) is 0 Å². The van der Waals surface area contributed by atoms with Gasteiger partial charge in [0.25, 0.3) is 0 Å². The third-order valence-electron chi connectivity index (χ3n) is 5.58. The van der Waals surface area contributed by atoms with Gasteiger partial charge in [0.1, 0.15) is 0 Å². The number of hydrogen-bond acceptors (Lipinski definition) is 1. The average Bonchev–Trinajstić information content (AvgIpc) is 2.97. The fourth-order valence-electron chi connectivity index (χ4n) is 4.20. The number of piperidine rings is 1. The number of nitrogens with zero attached hydrogens (tertiary/aromatic N) is 1. The molecule has 0 bridgehead atoms. The van der Waals surface area contributed by atoms with Crippen LogP contribution < -0.4 is 0 Å². The maximum Gasteiger partial charge on any atom is -0.00102 e. The van der Waals surface area contributed by atoms with E-state index in [0.717, 1.165) is 0 Å². The van der Waals surface area contributed by atoms with Crippen LogP contribution in [-0.4, -0.2) is 24.5 Å². The van der Waals surface area contributed by atoms with Crippen LogP contribution in [0.15, 0.2) is 24.3 Å². The van der Waals surface area contributed by atoms with Crippen LogP contribution in [0, 0.1) is 6.92 Å². The lowest BCUT2D eigenvalue weighted by Gasteiger charge is -2.34. The van der Waals surface area contributed by atoms with E-state index < -0.39 is 0 Å². The lowest BCUT2D eigenvalue weighted by molar-refractivity contribution is 0.203. The summed E-state index contributed by atoms with van der Waals surface area (Å²) in [5.74, 6) is 0. The molecule has 1 aliphatic carbocycles. The van der Waals surface area contributed by atoms with Gasteiger partial charge in [-0.25, -0.2) is 0 Å². The Morgan fingerprint density at radius 2 is 1.55 bits per heavy atom. The molecule has 110 valence electrons. The largest absolute Gasteiger partial charge is 0.303 e. The Labute approximate surface area is 124 Å². The smallest absolute Gasteiger partial charge is 0.00102 e. The highest BCUT2D eigenvalue weighted by Crippen LogP contribution is 2.44. The predicted molar refractivity (Wildman–Crippen MR) is 86.2 cm³/mol. The topological polar surface area (TPSA) is 3.24 Å². The van der Waals surface area contributed by atoms with Gasteiger partial charge in [0.05, 0.1) is 0 Å². The van der Waals surface area contributed by atoms with E-state index in [1.807, 2.05) is 0 Å². The maximum absolute atomic E-state index is 2.71. The molecule has 0 N–H and O–H groups in total. The highest BCUT2D eigenvalue weighted by molar-refractivity contribution is 5.29. The fourth-order valence-corrected chi connectivity index (χ4v) is 4.20. The summed E-state index contributed by atoms with van der Waals surface area (Å²) in [6.45, 7) is 6.18. The van der Waals surface area contributed by atoms with Gasteiger partial charge in [0.2, 0.25) is 0 Å². The van der Waals surface area contributed by atoms with Crippen LogP contribution in [0.2, 0.25) is 0 Å². The van der Waals surface area contributed by atoms with Crippen LogP contribution >= 0.6 is 0 Å². The van der Waals surface area contributed by atoms with Crippen LogP contribution in [0.4, 0.5) is 0 Å². The summed E-state index contributed by atoms with van der Waals surface area (Å²) in [4.78, 5) is 2.71. The van der Waals surface area contributed by atoms with Crippen molar-refractivity contribution < 1.29 is 0 Å². The fraction of sp³-hybridized carbons (Fsp3) is 0.684. The minimum absolute atomic E-state index is 0.491. The second-order valence-corrected chi connectivity index (χ2v) is 7.01. The van der Waals surface area contributed by atoms with Gasteiger partial charge < -0.3 is 4.90 Å². The van der Waals surface area contributed by atoms with Crippen molar-refractivity contribution in [3.63, 3.8) is 0 Å². The number of benzene rings is 1. The summed E-state index contributed by atoms with van der Waals surface area (Å²) in [5, 5.41) is 0. The number of rotatable bonds is 4. The zero-order chi connectivity index (χ0) is 13.8. The Balaban J connectivity index is 1.69. The number of aryl methyl sites for hydroxylation is 1. The predicted octanol–water partition coefficient (Wildman–Crippen LogP) is 4.68. The van der Waals surface area contributed by atoms with E-state index in [4.69, 9.17) is 0 Å². The van der Waals surface area contributed by atoms with Gasteiger partial charge in [0, 0.05) is 0 Å². The number of hydrogen-bond donors (Lipinski definition) is 0. The molecule has 1 aliphatic heterocycles. The Morgan fingerprint density at radius 1 is 0.900 bits per heavy atom. The first-order valence-electron chi connectivity index (χ1n) is 8.58. The van der Waals surface area contributed by atoms with Gasteiger partial charge >= 0.3 is 0 Å². The summed E-state index contributed by atoms with van der Waals surface area (Å²) in [6, 6.07) is 9.40. The van der Waals surface area contributed by atoms with Gasteiger partial charge in [-0.05, 0) is 69.6 Å². The Bertz CT molecular complexity index is 408. The first kappa shape index (κ1) is 14.1. The second-order valence-electron chi connectivity index (χ2n) is 7.01. The van der Waals surface area contributed by atoms with Gasteiger partial charge in [0.15, 0.2) is 0 Å². The molecule has 0 unspecified atom stereocenters. The number of likely N-dealkylation sites (tertiary alicyclic amines) is 1. The van der Waals surface area contributed by atoms with E-state index in [9.17, 15) is 0 Å². The minimum Gasteiger partial charge on any atom is -0.303 e. The average molecular weight is 271 g/mol. The summed E-state index contributed by atoms with van der Waals surface area (Å²) in [7, 11) is 0. The SMILES string of the molecule is Cc1ccc(C2(CCN3CCCCC3)CCCC2)cc1. The molecular formula is C19H29N.